The average molecular weight is 334 g/mol. The van der Waals surface area contributed by atoms with E-state index in [1.807, 2.05) is 35.9 Å². The molecule has 0 amide bonds. The minimum absolute atomic E-state index is 0.231. The van der Waals surface area contributed by atoms with Crippen LogP contribution in [0.3, 0.4) is 0 Å². The minimum Gasteiger partial charge on any atom is -0.370 e. The van der Waals surface area contributed by atoms with Crippen molar-refractivity contribution in [3.63, 3.8) is 0 Å². The quantitative estimate of drug-likeness (QED) is 0.716. The van der Waals surface area contributed by atoms with Gasteiger partial charge in [-0.1, -0.05) is 18.2 Å². The molecule has 3 rings (SSSR count). The van der Waals surface area contributed by atoms with Crippen LogP contribution >= 0.6 is 0 Å². The van der Waals surface area contributed by atoms with Gasteiger partial charge in [0.15, 0.2) is 0 Å². The Morgan fingerprint density at radius 2 is 1.83 bits per heavy atom. The summed E-state index contributed by atoms with van der Waals surface area (Å²) in [6.07, 6.45) is -2.95. The van der Waals surface area contributed by atoms with E-state index in [0.29, 0.717) is 6.54 Å². The molecule has 0 aliphatic rings. The number of aromatic nitrogens is 3. The Bertz CT molecular complexity index is 839. The van der Waals surface area contributed by atoms with Crippen LogP contribution in [0.4, 0.5) is 19.0 Å². The molecule has 0 aliphatic carbocycles. The normalized spacial score (nSPS) is 11.8. The summed E-state index contributed by atoms with van der Waals surface area (Å²) >= 11 is 0. The molecule has 0 fully saturated rings. The van der Waals surface area contributed by atoms with Gasteiger partial charge in [-0.2, -0.15) is 13.2 Å². The number of hydrogen-bond acceptors (Lipinski definition) is 3. The number of nitrogens with zero attached hydrogens (tertiary/aromatic N) is 3. The molecule has 1 N–H and O–H groups in total. The summed E-state index contributed by atoms with van der Waals surface area (Å²) in [5, 5.41) is 2.93. The van der Waals surface area contributed by atoms with Gasteiger partial charge in [-0.15, -0.1) is 0 Å². The summed E-state index contributed by atoms with van der Waals surface area (Å²) in [5.74, 6) is 1.19. The summed E-state index contributed by atoms with van der Waals surface area (Å²) in [4.78, 5) is 8.16. The first-order valence-corrected chi connectivity index (χ1v) is 7.63. The van der Waals surface area contributed by atoms with Gasteiger partial charge in [0.05, 0.1) is 11.0 Å². The zero-order valence-corrected chi connectivity index (χ0v) is 13.1. The second-order valence-electron chi connectivity index (χ2n) is 5.51. The van der Waals surface area contributed by atoms with Crippen molar-refractivity contribution in [3.8, 4) is 0 Å². The van der Waals surface area contributed by atoms with Crippen molar-refractivity contribution >= 4 is 16.9 Å². The molecule has 2 aromatic heterocycles. The van der Waals surface area contributed by atoms with Crippen LogP contribution in [0.15, 0.2) is 42.5 Å². The zero-order valence-electron chi connectivity index (χ0n) is 13.1. The lowest BCUT2D eigenvalue weighted by Gasteiger charge is -2.09. The van der Waals surface area contributed by atoms with E-state index in [4.69, 9.17) is 0 Å². The predicted octanol–water partition coefficient (Wildman–Crippen LogP) is 4.03. The van der Waals surface area contributed by atoms with Crippen LogP contribution in [0.1, 0.15) is 17.9 Å². The Hall–Kier alpha value is -2.57. The molecule has 0 unspecified atom stereocenters. The summed E-state index contributed by atoms with van der Waals surface area (Å²) in [7, 11) is 1.96. The number of benzene rings is 1. The molecule has 0 saturated carbocycles. The van der Waals surface area contributed by atoms with E-state index < -0.39 is 11.9 Å². The number of nitrogens with one attached hydrogen (secondary N) is 1. The van der Waals surface area contributed by atoms with E-state index in [1.165, 1.54) is 12.1 Å². The molecule has 0 bridgehead atoms. The van der Waals surface area contributed by atoms with E-state index in [9.17, 15) is 13.2 Å². The summed E-state index contributed by atoms with van der Waals surface area (Å²) in [6, 6.07) is 11.7. The molecule has 126 valence electrons. The fourth-order valence-electron chi connectivity index (χ4n) is 2.57. The highest BCUT2D eigenvalue weighted by Gasteiger charge is 2.32. The Labute approximate surface area is 137 Å². The van der Waals surface area contributed by atoms with E-state index in [0.717, 1.165) is 35.8 Å². The van der Waals surface area contributed by atoms with E-state index in [-0.39, 0.29) is 5.82 Å². The molecule has 0 spiro atoms. The van der Waals surface area contributed by atoms with Crippen LogP contribution in [0, 0.1) is 0 Å². The van der Waals surface area contributed by atoms with Gasteiger partial charge in [0.2, 0.25) is 0 Å². The fraction of sp³-hybridized carbons (Fsp3) is 0.294. The van der Waals surface area contributed by atoms with Gasteiger partial charge < -0.3 is 9.88 Å². The van der Waals surface area contributed by atoms with Crippen molar-refractivity contribution in [2.45, 2.75) is 19.0 Å². The van der Waals surface area contributed by atoms with E-state index in [2.05, 4.69) is 15.3 Å². The van der Waals surface area contributed by atoms with Crippen molar-refractivity contribution in [1.82, 2.24) is 14.5 Å². The topological polar surface area (TPSA) is 42.7 Å². The number of hydrogen-bond donors (Lipinski definition) is 1. The fourth-order valence-corrected chi connectivity index (χ4v) is 2.57. The average Bonchev–Trinajstić information content (AvgIpc) is 2.88. The highest BCUT2D eigenvalue weighted by Crippen LogP contribution is 2.28. The predicted molar refractivity (Wildman–Crippen MR) is 86.8 cm³/mol. The van der Waals surface area contributed by atoms with Gasteiger partial charge >= 0.3 is 6.18 Å². The summed E-state index contributed by atoms with van der Waals surface area (Å²) in [5.41, 5.74) is 1.13. The molecule has 0 aliphatic heterocycles. The van der Waals surface area contributed by atoms with Gasteiger partial charge in [0.25, 0.3) is 0 Å². The summed E-state index contributed by atoms with van der Waals surface area (Å²) in [6.45, 7) is 0.525. The Kier molecular flexibility index (Phi) is 4.42. The van der Waals surface area contributed by atoms with Gasteiger partial charge in [0, 0.05) is 20.0 Å². The lowest BCUT2D eigenvalue weighted by atomic mass is 10.3. The molecule has 0 radical (unpaired) electrons. The number of pyridine rings is 1. The number of aryl methyl sites for hydroxylation is 2. The Morgan fingerprint density at radius 1 is 1.04 bits per heavy atom. The Morgan fingerprint density at radius 3 is 2.58 bits per heavy atom. The third-order valence-corrected chi connectivity index (χ3v) is 3.80. The maximum Gasteiger partial charge on any atom is 0.433 e. The first kappa shape index (κ1) is 16.3. The lowest BCUT2D eigenvalue weighted by Crippen LogP contribution is -2.11. The van der Waals surface area contributed by atoms with Crippen molar-refractivity contribution < 1.29 is 13.2 Å². The maximum atomic E-state index is 12.6. The maximum absolute atomic E-state index is 12.6. The van der Waals surface area contributed by atoms with Crippen molar-refractivity contribution in [3.05, 3.63) is 54.0 Å². The van der Waals surface area contributed by atoms with Crippen LogP contribution in [-0.4, -0.2) is 21.1 Å². The molecule has 7 heteroatoms. The second kappa shape index (κ2) is 6.51. The van der Waals surface area contributed by atoms with Crippen LogP contribution in [-0.2, 0) is 19.6 Å². The molecule has 24 heavy (non-hydrogen) atoms. The van der Waals surface area contributed by atoms with Crippen molar-refractivity contribution in [2.75, 3.05) is 11.9 Å². The van der Waals surface area contributed by atoms with Crippen LogP contribution in [0.2, 0.25) is 0 Å². The SMILES string of the molecule is Cn1c(CCCNc2cccc(C(F)(F)F)n2)nc2ccccc21. The number of fused-ring (bicyclic) bond motifs is 1. The zero-order chi connectivity index (χ0) is 17.2. The van der Waals surface area contributed by atoms with Crippen LogP contribution in [0.5, 0.6) is 0 Å². The van der Waals surface area contributed by atoms with Crippen molar-refractivity contribution in [2.24, 2.45) is 7.05 Å². The number of halogens is 3. The standard InChI is InChI=1S/C17H17F3N4/c1-24-13-7-3-2-6-12(13)22-16(24)10-5-11-21-15-9-4-8-14(23-15)17(18,19)20/h2-4,6-9H,5,10-11H2,1H3,(H,21,23). The molecular formula is C17H17F3N4. The number of anilines is 1. The smallest absolute Gasteiger partial charge is 0.370 e. The molecule has 0 saturated heterocycles. The Balaban J connectivity index is 1.58. The van der Waals surface area contributed by atoms with Gasteiger partial charge in [-0.3, -0.25) is 0 Å². The third-order valence-electron chi connectivity index (χ3n) is 3.80. The molecule has 0 atom stereocenters. The van der Waals surface area contributed by atoms with Crippen LogP contribution in [0.25, 0.3) is 11.0 Å². The number of rotatable bonds is 5. The highest BCUT2D eigenvalue weighted by atomic mass is 19.4. The first-order valence-electron chi connectivity index (χ1n) is 7.63. The number of para-hydroxylation sites is 2. The van der Waals surface area contributed by atoms with E-state index in [1.54, 1.807) is 0 Å². The number of imidazole rings is 1. The molecule has 1 aromatic carbocycles. The van der Waals surface area contributed by atoms with Crippen molar-refractivity contribution in [1.29, 1.82) is 0 Å². The van der Waals surface area contributed by atoms with Gasteiger partial charge in [-0.05, 0) is 30.7 Å². The first-order chi connectivity index (χ1) is 11.4. The number of alkyl halides is 3. The largest absolute Gasteiger partial charge is 0.433 e. The monoisotopic (exact) mass is 334 g/mol. The second-order valence-corrected chi connectivity index (χ2v) is 5.51. The lowest BCUT2D eigenvalue weighted by molar-refractivity contribution is -0.141. The molecule has 2 heterocycles. The van der Waals surface area contributed by atoms with Gasteiger partial charge in [-0.25, -0.2) is 9.97 Å². The van der Waals surface area contributed by atoms with Crippen LogP contribution < -0.4 is 5.32 Å². The molecular weight excluding hydrogens is 317 g/mol. The molecule has 4 nitrogen and oxygen atoms in total. The van der Waals surface area contributed by atoms with E-state index >= 15 is 0 Å². The molecule has 3 aromatic rings. The third kappa shape index (κ3) is 3.50. The van der Waals surface area contributed by atoms with Gasteiger partial charge in [0.1, 0.15) is 17.3 Å². The highest BCUT2D eigenvalue weighted by molar-refractivity contribution is 5.75. The minimum atomic E-state index is -4.43. The summed E-state index contributed by atoms with van der Waals surface area (Å²) < 4.78 is 39.9.